The number of hydrogen-bond acceptors (Lipinski definition) is 5. The Morgan fingerprint density at radius 1 is 1.11 bits per heavy atom. The molecule has 0 unspecified atom stereocenters. The second kappa shape index (κ2) is 8.72. The molecule has 4 saturated carbocycles. The van der Waals surface area contributed by atoms with Gasteiger partial charge >= 0.3 is 11.6 Å². The first-order valence-electron chi connectivity index (χ1n) is 13.9. The van der Waals surface area contributed by atoms with Crippen LogP contribution in [0.2, 0.25) is 0 Å². The first-order valence-corrected chi connectivity index (χ1v) is 13.9. The average molecular weight is 504 g/mol. The van der Waals surface area contributed by atoms with Crippen LogP contribution >= 0.6 is 0 Å². The van der Waals surface area contributed by atoms with Gasteiger partial charge in [-0.3, -0.25) is 14.7 Å². The lowest BCUT2D eigenvalue weighted by Gasteiger charge is -2.36. The van der Waals surface area contributed by atoms with E-state index in [0.717, 1.165) is 72.7 Å². The zero-order valence-corrected chi connectivity index (χ0v) is 21.1. The quantitative estimate of drug-likeness (QED) is 0.305. The summed E-state index contributed by atoms with van der Waals surface area (Å²) in [6.07, 6.45) is 12.3. The topological polar surface area (TPSA) is 100 Å². The second-order valence-electron chi connectivity index (χ2n) is 11.8. The highest BCUT2D eigenvalue weighted by Crippen LogP contribution is 2.49. The minimum absolute atomic E-state index is 0.207. The van der Waals surface area contributed by atoms with Gasteiger partial charge in [-0.1, -0.05) is 0 Å². The van der Waals surface area contributed by atoms with E-state index in [-0.39, 0.29) is 17.6 Å². The number of hydrogen-bond donors (Lipinski definition) is 3. The van der Waals surface area contributed by atoms with E-state index >= 15 is 0 Å². The fourth-order valence-corrected chi connectivity index (χ4v) is 5.93. The predicted octanol–water partition coefficient (Wildman–Crippen LogP) is 4.74. The van der Waals surface area contributed by atoms with Gasteiger partial charge in [0, 0.05) is 40.4 Å². The SMILES string of the molecule is O=C(Nc1cc2cn([C@H]3CC[C@@](O)(C4CC4)CC3)nc2cc1OCC1CC1)c1cccc(C2CC2)[n+]1O. The monoisotopic (exact) mass is 503 g/mol. The summed E-state index contributed by atoms with van der Waals surface area (Å²) in [6.45, 7) is 0.620. The van der Waals surface area contributed by atoms with Gasteiger partial charge in [0.25, 0.3) is 0 Å². The normalized spacial score (nSPS) is 25.8. The van der Waals surface area contributed by atoms with Gasteiger partial charge in [0.1, 0.15) is 5.75 Å². The van der Waals surface area contributed by atoms with E-state index in [0.29, 0.717) is 35.8 Å². The Labute approximate surface area is 216 Å². The molecule has 0 atom stereocenters. The summed E-state index contributed by atoms with van der Waals surface area (Å²) < 4.78 is 9.22. The van der Waals surface area contributed by atoms with Gasteiger partial charge in [-0.2, -0.15) is 5.10 Å². The maximum Gasteiger partial charge on any atom is 0.325 e. The molecular weight excluding hydrogens is 468 g/mol. The third-order valence-electron chi connectivity index (χ3n) is 8.80. The molecular formula is C29H35N4O4+. The maximum absolute atomic E-state index is 13.3. The van der Waals surface area contributed by atoms with Crippen molar-refractivity contribution < 1.29 is 24.6 Å². The summed E-state index contributed by atoms with van der Waals surface area (Å²) >= 11 is 0. The van der Waals surface area contributed by atoms with Crippen LogP contribution < -0.4 is 14.8 Å². The van der Waals surface area contributed by atoms with Gasteiger partial charge in [0.15, 0.2) is 0 Å². The van der Waals surface area contributed by atoms with Crippen molar-refractivity contribution in [2.75, 3.05) is 11.9 Å². The van der Waals surface area contributed by atoms with Crippen molar-refractivity contribution in [2.45, 2.75) is 81.8 Å². The van der Waals surface area contributed by atoms with Crippen molar-refractivity contribution in [1.29, 1.82) is 0 Å². The van der Waals surface area contributed by atoms with Crippen molar-refractivity contribution in [3.63, 3.8) is 0 Å². The Morgan fingerprint density at radius 3 is 2.59 bits per heavy atom. The van der Waals surface area contributed by atoms with Crippen molar-refractivity contribution in [2.24, 2.45) is 11.8 Å². The van der Waals surface area contributed by atoms with E-state index in [2.05, 4.69) is 5.32 Å². The summed E-state index contributed by atoms with van der Waals surface area (Å²) in [5.74, 6) is 1.61. The molecule has 7 rings (SSSR count). The minimum atomic E-state index is -0.481. The van der Waals surface area contributed by atoms with Crippen LogP contribution in [0.4, 0.5) is 5.69 Å². The van der Waals surface area contributed by atoms with Gasteiger partial charge in [0.05, 0.1) is 29.5 Å². The van der Waals surface area contributed by atoms with Gasteiger partial charge in [-0.25, -0.2) is 0 Å². The lowest BCUT2D eigenvalue weighted by Crippen LogP contribution is -2.43. The predicted molar refractivity (Wildman–Crippen MR) is 137 cm³/mol. The molecule has 4 fully saturated rings. The molecule has 0 spiro atoms. The third-order valence-corrected chi connectivity index (χ3v) is 8.80. The van der Waals surface area contributed by atoms with Gasteiger partial charge in [-0.05, 0) is 88.2 Å². The minimum Gasteiger partial charge on any atom is -0.491 e. The fourth-order valence-electron chi connectivity index (χ4n) is 5.93. The van der Waals surface area contributed by atoms with Crippen LogP contribution in [-0.2, 0) is 0 Å². The van der Waals surface area contributed by atoms with Crippen LogP contribution in [0.1, 0.15) is 92.4 Å². The molecule has 1 aromatic carbocycles. The number of aromatic nitrogens is 3. The van der Waals surface area contributed by atoms with Crippen LogP contribution in [0.3, 0.4) is 0 Å². The molecule has 1 amide bonds. The Hall–Kier alpha value is -3.13. The zero-order chi connectivity index (χ0) is 25.1. The molecule has 0 radical (unpaired) electrons. The summed E-state index contributed by atoms with van der Waals surface area (Å²) in [7, 11) is 0. The summed E-state index contributed by atoms with van der Waals surface area (Å²) in [6, 6.07) is 9.43. The van der Waals surface area contributed by atoms with Crippen LogP contribution in [-0.4, -0.2) is 38.2 Å². The van der Waals surface area contributed by atoms with E-state index in [1.165, 1.54) is 12.8 Å². The van der Waals surface area contributed by atoms with Crippen LogP contribution in [0.15, 0.2) is 36.5 Å². The lowest BCUT2D eigenvalue weighted by molar-refractivity contribution is -0.910. The van der Waals surface area contributed by atoms with Gasteiger partial charge < -0.3 is 15.2 Å². The number of ether oxygens (including phenoxy) is 1. The van der Waals surface area contributed by atoms with Crippen molar-refractivity contribution in [3.05, 3.63) is 47.9 Å². The van der Waals surface area contributed by atoms with Crippen LogP contribution in [0, 0.1) is 11.8 Å². The lowest BCUT2D eigenvalue weighted by atomic mass is 9.79. The molecule has 0 aliphatic heterocycles. The smallest absolute Gasteiger partial charge is 0.325 e. The second-order valence-corrected chi connectivity index (χ2v) is 11.8. The van der Waals surface area contributed by atoms with E-state index in [1.807, 2.05) is 35.1 Å². The first kappa shape index (κ1) is 23.0. The molecule has 4 aliphatic carbocycles. The number of carbonyl (C=O) groups excluding carboxylic acids is 1. The van der Waals surface area contributed by atoms with Crippen molar-refractivity contribution >= 4 is 22.5 Å². The molecule has 8 heteroatoms. The highest BCUT2D eigenvalue weighted by atomic mass is 16.5. The van der Waals surface area contributed by atoms with Crippen molar-refractivity contribution in [1.82, 2.24) is 9.78 Å². The summed E-state index contributed by atoms with van der Waals surface area (Å²) in [5, 5.41) is 30.4. The standard InChI is InChI=1S/C29H34N4O4/c34-28(26-3-1-2-25(33(26)36)19-6-7-19)30-24-14-20-16-32(22-10-12-29(35,13-11-22)21-8-9-21)31-23(20)15-27(24)37-17-18-4-5-18/h1-3,14-16,18-19,21-22,35H,4-13,17H2,(H-,30,34,36)/p+1/t22-,29-. The zero-order valence-electron chi connectivity index (χ0n) is 21.1. The number of aliphatic hydroxyl groups is 1. The Bertz CT molecular complexity index is 1350. The number of nitrogens with zero attached hydrogens (tertiary/aromatic N) is 3. The molecule has 0 bridgehead atoms. The van der Waals surface area contributed by atoms with Gasteiger partial charge in [0.2, 0.25) is 5.69 Å². The number of anilines is 1. The van der Waals surface area contributed by atoms with Crippen LogP contribution in [0.25, 0.3) is 10.9 Å². The number of pyridine rings is 1. The molecule has 3 N–H and O–H groups in total. The number of fused-ring (bicyclic) bond motifs is 1. The van der Waals surface area contributed by atoms with Crippen LogP contribution in [0.5, 0.6) is 5.75 Å². The molecule has 3 aromatic rings. The number of rotatable bonds is 8. The summed E-state index contributed by atoms with van der Waals surface area (Å²) in [5.41, 5.74) is 1.92. The molecule has 4 aliphatic rings. The molecule has 2 aromatic heterocycles. The molecule has 8 nitrogen and oxygen atoms in total. The Kier molecular flexibility index (Phi) is 5.43. The fraction of sp³-hybridized carbons (Fsp3) is 0.552. The van der Waals surface area contributed by atoms with E-state index in [9.17, 15) is 15.1 Å². The van der Waals surface area contributed by atoms with E-state index in [1.54, 1.807) is 6.07 Å². The van der Waals surface area contributed by atoms with E-state index < -0.39 is 5.60 Å². The molecule has 194 valence electrons. The Balaban J connectivity index is 1.15. The van der Waals surface area contributed by atoms with Gasteiger partial charge in [-0.15, -0.1) is 0 Å². The third kappa shape index (κ3) is 4.56. The number of amides is 1. The Morgan fingerprint density at radius 2 is 1.89 bits per heavy atom. The largest absolute Gasteiger partial charge is 0.491 e. The number of carbonyl (C=O) groups is 1. The molecule has 37 heavy (non-hydrogen) atoms. The van der Waals surface area contributed by atoms with Crippen molar-refractivity contribution in [3.8, 4) is 5.75 Å². The molecule has 2 heterocycles. The maximum atomic E-state index is 13.3. The summed E-state index contributed by atoms with van der Waals surface area (Å²) in [4.78, 5) is 13.3. The first-order chi connectivity index (χ1) is 18.0. The molecule has 0 saturated heterocycles. The average Bonchev–Trinajstić information content (AvgIpc) is 3.74. The highest BCUT2D eigenvalue weighted by Gasteiger charge is 2.46. The van der Waals surface area contributed by atoms with E-state index in [4.69, 9.17) is 9.84 Å². The number of nitrogens with one attached hydrogen (secondary N) is 1. The highest BCUT2D eigenvalue weighted by molar-refractivity contribution is 6.04. The number of benzene rings is 1.